The predicted molar refractivity (Wildman–Crippen MR) is 124 cm³/mol. The number of sulfonamides is 1. The molecule has 0 saturated carbocycles. The van der Waals surface area contributed by atoms with Crippen LogP contribution in [0.15, 0.2) is 65.6 Å². The molecule has 0 heterocycles. The van der Waals surface area contributed by atoms with Crippen LogP contribution in [-0.2, 0) is 30.5 Å². The first-order chi connectivity index (χ1) is 16.4. The van der Waals surface area contributed by atoms with E-state index < -0.39 is 39.7 Å². The summed E-state index contributed by atoms with van der Waals surface area (Å²) in [5, 5.41) is 3.65. The lowest BCUT2D eigenvalue weighted by atomic mass is 10.1. The molecule has 3 rings (SSSR count). The Morgan fingerprint density at radius 3 is 2.40 bits per heavy atom. The van der Waals surface area contributed by atoms with Crippen LogP contribution >= 0.6 is 11.6 Å². The van der Waals surface area contributed by atoms with E-state index in [2.05, 4.69) is 10.0 Å². The number of hydrogen-bond donors (Lipinski definition) is 2. The van der Waals surface area contributed by atoms with Gasteiger partial charge in [0.15, 0.2) is 6.10 Å². The highest BCUT2D eigenvalue weighted by molar-refractivity contribution is 7.89. The lowest BCUT2D eigenvalue weighted by Gasteiger charge is -2.15. The van der Waals surface area contributed by atoms with Gasteiger partial charge >= 0.3 is 12.1 Å². The van der Waals surface area contributed by atoms with Crippen molar-refractivity contribution in [1.29, 1.82) is 0 Å². The molecule has 186 valence electrons. The Morgan fingerprint density at radius 1 is 1.03 bits per heavy atom. The molecule has 35 heavy (non-hydrogen) atoms. The van der Waals surface area contributed by atoms with Crippen molar-refractivity contribution in [2.24, 2.45) is 0 Å². The molecule has 1 amide bonds. The smallest absolute Gasteiger partial charge is 0.416 e. The molecule has 0 aliphatic carbocycles. The summed E-state index contributed by atoms with van der Waals surface area (Å²) in [6.45, 7) is 0.926. The van der Waals surface area contributed by atoms with E-state index in [-0.39, 0.29) is 28.6 Å². The van der Waals surface area contributed by atoms with Crippen molar-refractivity contribution in [3.05, 3.63) is 71.2 Å². The third-order valence-corrected chi connectivity index (χ3v) is 6.67. The van der Waals surface area contributed by atoms with E-state index in [1.807, 2.05) is 12.1 Å². The van der Waals surface area contributed by atoms with Crippen molar-refractivity contribution >= 4 is 50.0 Å². The number of esters is 1. The molecule has 0 bridgehead atoms. The van der Waals surface area contributed by atoms with E-state index in [0.717, 1.165) is 22.9 Å². The van der Waals surface area contributed by atoms with Crippen molar-refractivity contribution in [2.45, 2.75) is 30.5 Å². The van der Waals surface area contributed by atoms with Crippen LogP contribution in [0.5, 0.6) is 0 Å². The van der Waals surface area contributed by atoms with E-state index in [1.54, 1.807) is 18.2 Å². The van der Waals surface area contributed by atoms with E-state index >= 15 is 0 Å². The standard InChI is InChI=1S/C23H20ClF3N2O5S/c1-14(22(31)29-20-13-17(23(25,26)27)7-9-19(20)24)34-21(30)10-11-28-35(32,33)18-8-6-15-4-2-3-5-16(15)12-18/h2-9,12-14,28H,10-11H2,1H3,(H,29,31). The van der Waals surface area contributed by atoms with Gasteiger partial charge in [-0.05, 0) is 48.0 Å². The Kier molecular flexibility index (Phi) is 8.04. The number of benzene rings is 3. The van der Waals surface area contributed by atoms with E-state index in [4.69, 9.17) is 16.3 Å². The molecule has 0 aromatic heterocycles. The van der Waals surface area contributed by atoms with Gasteiger partial charge < -0.3 is 10.1 Å². The molecule has 3 aromatic rings. The zero-order valence-corrected chi connectivity index (χ0v) is 19.8. The van der Waals surface area contributed by atoms with Crippen molar-refractivity contribution < 1.29 is 35.9 Å². The fraction of sp³-hybridized carbons (Fsp3) is 0.217. The average Bonchev–Trinajstić information content (AvgIpc) is 2.79. The Balaban J connectivity index is 1.53. The fourth-order valence-corrected chi connectivity index (χ4v) is 4.28. The van der Waals surface area contributed by atoms with E-state index in [9.17, 15) is 31.2 Å². The Labute approximate surface area is 204 Å². The maximum atomic E-state index is 12.9. The number of rotatable bonds is 8. The SMILES string of the molecule is CC(OC(=O)CCNS(=O)(=O)c1ccc2ccccc2c1)C(=O)Nc1cc(C(F)(F)F)ccc1Cl. The topological polar surface area (TPSA) is 102 Å². The van der Waals surface area contributed by atoms with E-state index in [1.165, 1.54) is 19.1 Å². The lowest BCUT2D eigenvalue weighted by molar-refractivity contribution is -0.152. The minimum Gasteiger partial charge on any atom is -0.452 e. The summed E-state index contributed by atoms with van der Waals surface area (Å²) in [6.07, 6.45) is -6.39. The molecule has 1 unspecified atom stereocenters. The summed E-state index contributed by atoms with van der Waals surface area (Å²) < 4.78 is 70.9. The van der Waals surface area contributed by atoms with Crippen LogP contribution in [0.2, 0.25) is 5.02 Å². The Bertz CT molecular complexity index is 1360. The second kappa shape index (κ2) is 10.6. The zero-order valence-electron chi connectivity index (χ0n) is 18.2. The largest absolute Gasteiger partial charge is 0.452 e. The van der Waals surface area contributed by atoms with Crippen molar-refractivity contribution in [3.8, 4) is 0 Å². The van der Waals surface area contributed by atoms with E-state index in [0.29, 0.717) is 6.07 Å². The molecule has 0 radical (unpaired) electrons. The first-order valence-corrected chi connectivity index (χ1v) is 12.1. The molecule has 12 heteroatoms. The summed E-state index contributed by atoms with van der Waals surface area (Å²) in [7, 11) is -3.90. The quantitative estimate of drug-likeness (QED) is 0.411. The minimum atomic E-state index is -4.64. The van der Waals surface area contributed by atoms with Gasteiger partial charge in [0.25, 0.3) is 5.91 Å². The molecule has 7 nitrogen and oxygen atoms in total. The predicted octanol–water partition coefficient (Wildman–Crippen LogP) is 4.75. The second-order valence-corrected chi connectivity index (χ2v) is 9.64. The maximum absolute atomic E-state index is 12.9. The maximum Gasteiger partial charge on any atom is 0.416 e. The summed E-state index contributed by atoms with van der Waals surface area (Å²) in [5.41, 5.74) is -1.31. The molecule has 0 aliphatic rings. The normalized spacial score (nSPS) is 12.8. The zero-order chi connectivity index (χ0) is 25.8. The summed E-state index contributed by atoms with van der Waals surface area (Å²) >= 11 is 5.84. The van der Waals surface area contributed by atoms with Gasteiger partial charge in [0.1, 0.15) is 0 Å². The number of amides is 1. The molecular formula is C23H20ClF3N2O5S. The Morgan fingerprint density at radius 2 is 1.71 bits per heavy atom. The number of carbonyl (C=O) groups excluding carboxylic acids is 2. The Hall–Kier alpha value is -3.15. The van der Waals surface area contributed by atoms with Crippen molar-refractivity contribution in [3.63, 3.8) is 0 Å². The number of nitrogens with one attached hydrogen (secondary N) is 2. The first-order valence-electron chi connectivity index (χ1n) is 10.2. The van der Waals surface area contributed by atoms with Gasteiger partial charge in [-0.2, -0.15) is 13.2 Å². The minimum absolute atomic E-state index is 0.0234. The van der Waals surface area contributed by atoms with Gasteiger partial charge in [0.2, 0.25) is 10.0 Å². The number of fused-ring (bicyclic) bond motifs is 1. The third kappa shape index (κ3) is 6.93. The number of carbonyl (C=O) groups is 2. The number of alkyl halides is 3. The number of ether oxygens (including phenoxy) is 1. The van der Waals surface area contributed by atoms with Gasteiger partial charge in [0, 0.05) is 6.54 Å². The highest BCUT2D eigenvalue weighted by atomic mass is 35.5. The first kappa shape index (κ1) is 26.5. The molecule has 2 N–H and O–H groups in total. The van der Waals surface area contributed by atoms with Crippen LogP contribution < -0.4 is 10.0 Å². The molecule has 0 saturated heterocycles. The van der Waals surface area contributed by atoms with Crippen LogP contribution in [0.4, 0.5) is 18.9 Å². The van der Waals surface area contributed by atoms with Gasteiger partial charge in [-0.15, -0.1) is 0 Å². The van der Waals surface area contributed by atoms with Crippen molar-refractivity contribution in [2.75, 3.05) is 11.9 Å². The highest BCUT2D eigenvalue weighted by Gasteiger charge is 2.31. The van der Waals surface area contributed by atoms with Crippen LogP contribution in [0.25, 0.3) is 10.8 Å². The van der Waals surface area contributed by atoms with Crippen LogP contribution in [0.1, 0.15) is 18.9 Å². The third-order valence-electron chi connectivity index (χ3n) is 4.88. The fourth-order valence-electron chi connectivity index (χ4n) is 3.05. The molecule has 1 atom stereocenters. The second-order valence-electron chi connectivity index (χ2n) is 7.47. The summed E-state index contributed by atoms with van der Waals surface area (Å²) in [4.78, 5) is 24.3. The summed E-state index contributed by atoms with van der Waals surface area (Å²) in [5.74, 6) is -1.79. The number of hydrogen-bond acceptors (Lipinski definition) is 5. The molecule has 3 aromatic carbocycles. The summed E-state index contributed by atoms with van der Waals surface area (Å²) in [6, 6.07) is 14.2. The van der Waals surface area contributed by atoms with Gasteiger partial charge in [-0.3, -0.25) is 9.59 Å². The van der Waals surface area contributed by atoms with Crippen LogP contribution in [0.3, 0.4) is 0 Å². The highest BCUT2D eigenvalue weighted by Crippen LogP contribution is 2.33. The van der Waals surface area contributed by atoms with Crippen LogP contribution in [0, 0.1) is 0 Å². The lowest BCUT2D eigenvalue weighted by Crippen LogP contribution is -2.32. The average molecular weight is 529 g/mol. The van der Waals surface area contributed by atoms with Crippen molar-refractivity contribution in [1.82, 2.24) is 4.72 Å². The van der Waals surface area contributed by atoms with Gasteiger partial charge in [-0.25, -0.2) is 13.1 Å². The molecule has 0 fully saturated rings. The number of anilines is 1. The molecule has 0 aliphatic heterocycles. The number of halogens is 4. The molecular weight excluding hydrogens is 509 g/mol. The molecule has 0 spiro atoms. The van der Waals surface area contributed by atoms with Gasteiger partial charge in [-0.1, -0.05) is 41.9 Å². The van der Waals surface area contributed by atoms with Crippen LogP contribution in [-0.4, -0.2) is 32.9 Å². The monoisotopic (exact) mass is 528 g/mol. The van der Waals surface area contributed by atoms with Gasteiger partial charge in [0.05, 0.1) is 27.6 Å².